The molecule has 0 aromatic heterocycles. The number of ether oxygens (including phenoxy) is 2. The summed E-state index contributed by atoms with van der Waals surface area (Å²) in [5.74, 6) is 0.413. The molecule has 0 saturated carbocycles. The predicted octanol–water partition coefficient (Wildman–Crippen LogP) is 5.38. The molecule has 8 heteroatoms. The summed E-state index contributed by atoms with van der Waals surface area (Å²) < 4.78 is 26.0. The van der Waals surface area contributed by atoms with Gasteiger partial charge < -0.3 is 14.4 Å². The van der Waals surface area contributed by atoms with E-state index in [9.17, 15) is 9.18 Å². The number of rotatable bonds is 8. The van der Waals surface area contributed by atoms with E-state index in [4.69, 9.17) is 9.47 Å². The van der Waals surface area contributed by atoms with Crippen molar-refractivity contribution < 1.29 is 18.7 Å². The van der Waals surface area contributed by atoms with Crippen LogP contribution < -0.4 is 19.8 Å². The highest BCUT2D eigenvalue weighted by Gasteiger charge is 2.14. The first-order chi connectivity index (χ1) is 16.5. The van der Waals surface area contributed by atoms with Gasteiger partial charge in [0.2, 0.25) is 0 Å². The number of halogens is 2. The summed E-state index contributed by atoms with van der Waals surface area (Å²) in [6, 6.07) is 17.6. The maximum Gasteiger partial charge on any atom is 0.271 e. The van der Waals surface area contributed by atoms with Crippen molar-refractivity contribution >= 4 is 40.4 Å². The predicted molar refractivity (Wildman–Crippen MR) is 139 cm³/mol. The zero-order chi connectivity index (χ0) is 23.9. The third kappa shape index (κ3) is 5.85. The van der Waals surface area contributed by atoms with Gasteiger partial charge in [0.15, 0.2) is 11.5 Å². The van der Waals surface area contributed by atoms with Crippen molar-refractivity contribution in [2.24, 2.45) is 5.10 Å². The second kappa shape index (κ2) is 11.3. The molecule has 1 saturated heterocycles. The van der Waals surface area contributed by atoms with Crippen molar-refractivity contribution in [3.8, 4) is 11.5 Å². The van der Waals surface area contributed by atoms with Gasteiger partial charge in [0.25, 0.3) is 5.91 Å². The van der Waals surface area contributed by atoms with Crippen molar-refractivity contribution in [3.63, 3.8) is 0 Å². The van der Waals surface area contributed by atoms with Crippen molar-refractivity contribution in [1.29, 1.82) is 0 Å². The molecule has 0 atom stereocenters. The lowest BCUT2D eigenvalue weighted by molar-refractivity contribution is 0.0955. The van der Waals surface area contributed by atoms with Crippen LogP contribution in [0.3, 0.4) is 0 Å². The standard InChI is InChI=1S/C26H25FIN3O3/c1-33-24-15-18(14-23(28)25(24)34-17-20-6-2-3-7-22(20)27)16-29-30-26(32)19-8-10-21(11-9-19)31-12-4-5-13-31/h2-3,6-11,14-16H,4-5,12-13,17H2,1H3,(H,30,32)/b29-16-. The number of hydrazone groups is 1. The fraction of sp³-hybridized carbons (Fsp3) is 0.231. The number of anilines is 1. The van der Waals surface area contributed by atoms with Gasteiger partial charge in [0.1, 0.15) is 12.4 Å². The van der Waals surface area contributed by atoms with E-state index in [1.807, 2.05) is 30.3 Å². The van der Waals surface area contributed by atoms with Crippen LogP contribution >= 0.6 is 22.6 Å². The third-order valence-electron chi connectivity index (χ3n) is 5.56. The van der Waals surface area contributed by atoms with Crippen molar-refractivity contribution in [3.05, 3.63) is 86.7 Å². The van der Waals surface area contributed by atoms with Crippen LogP contribution in [0, 0.1) is 9.39 Å². The summed E-state index contributed by atoms with van der Waals surface area (Å²) in [7, 11) is 1.54. The first-order valence-electron chi connectivity index (χ1n) is 11.0. The zero-order valence-electron chi connectivity index (χ0n) is 18.8. The van der Waals surface area contributed by atoms with E-state index in [2.05, 4.69) is 38.0 Å². The van der Waals surface area contributed by atoms with Crippen LogP contribution in [-0.2, 0) is 6.61 Å². The van der Waals surface area contributed by atoms with Gasteiger partial charge in [-0.25, -0.2) is 9.82 Å². The Balaban J connectivity index is 1.39. The number of hydrogen-bond donors (Lipinski definition) is 1. The molecule has 3 aromatic rings. The van der Waals surface area contributed by atoms with Gasteiger partial charge in [-0.3, -0.25) is 4.79 Å². The summed E-state index contributed by atoms with van der Waals surface area (Å²) in [5, 5.41) is 4.08. The second-order valence-electron chi connectivity index (χ2n) is 7.85. The molecule has 4 rings (SSSR count). The molecule has 1 aliphatic heterocycles. The Bertz CT molecular complexity index is 1180. The molecule has 0 aliphatic carbocycles. The van der Waals surface area contributed by atoms with Crippen LogP contribution in [0.15, 0.2) is 65.8 Å². The van der Waals surface area contributed by atoms with E-state index in [0.29, 0.717) is 22.6 Å². The van der Waals surface area contributed by atoms with E-state index in [1.165, 1.54) is 26.0 Å². The maximum atomic E-state index is 13.9. The van der Waals surface area contributed by atoms with Crippen LogP contribution in [0.5, 0.6) is 11.5 Å². The normalized spacial score (nSPS) is 13.3. The SMILES string of the molecule is COc1cc(/C=N\NC(=O)c2ccc(N3CCCC3)cc2)cc(I)c1OCc1ccccc1F. The van der Waals surface area contributed by atoms with E-state index in [1.54, 1.807) is 30.5 Å². The first-order valence-corrected chi connectivity index (χ1v) is 12.0. The summed E-state index contributed by atoms with van der Waals surface area (Å²) in [6.07, 6.45) is 3.96. The molecule has 0 spiro atoms. The van der Waals surface area contributed by atoms with Crippen LogP contribution in [0.1, 0.15) is 34.3 Å². The van der Waals surface area contributed by atoms with Crippen molar-refractivity contribution in [2.45, 2.75) is 19.4 Å². The molecule has 0 bridgehead atoms. The van der Waals surface area contributed by atoms with E-state index in [0.717, 1.165) is 27.9 Å². The molecular formula is C26H25FIN3O3. The Morgan fingerprint density at radius 1 is 1.15 bits per heavy atom. The van der Waals surface area contributed by atoms with Gasteiger partial charge in [-0.2, -0.15) is 5.10 Å². The number of carbonyl (C=O) groups is 1. The molecular weight excluding hydrogens is 548 g/mol. The van der Waals surface area contributed by atoms with E-state index < -0.39 is 0 Å². The van der Waals surface area contributed by atoms with Crippen LogP contribution in [0.2, 0.25) is 0 Å². The quantitative estimate of drug-likeness (QED) is 0.223. The van der Waals surface area contributed by atoms with Crippen LogP contribution in [0.25, 0.3) is 0 Å². The molecule has 3 aromatic carbocycles. The molecule has 1 aliphatic rings. The molecule has 1 fully saturated rings. The average molecular weight is 573 g/mol. The van der Waals surface area contributed by atoms with Gasteiger partial charge in [-0.1, -0.05) is 18.2 Å². The molecule has 34 heavy (non-hydrogen) atoms. The fourth-order valence-electron chi connectivity index (χ4n) is 3.75. The van der Waals surface area contributed by atoms with Gasteiger partial charge in [-0.15, -0.1) is 0 Å². The number of hydrogen-bond acceptors (Lipinski definition) is 5. The summed E-state index contributed by atoms with van der Waals surface area (Å²) in [4.78, 5) is 14.8. The van der Waals surface area contributed by atoms with Crippen molar-refractivity contribution in [1.82, 2.24) is 5.43 Å². The minimum absolute atomic E-state index is 0.0824. The summed E-state index contributed by atoms with van der Waals surface area (Å²) in [5.41, 5.74) is 5.43. The first kappa shape index (κ1) is 24.0. The molecule has 6 nitrogen and oxygen atoms in total. The lowest BCUT2D eigenvalue weighted by atomic mass is 10.2. The Kier molecular flexibility index (Phi) is 7.99. The molecule has 1 amide bonds. The second-order valence-corrected chi connectivity index (χ2v) is 9.02. The van der Waals surface area contributed by atoms with Gasteiger partial charge >= 0.3 is 0 Å². The lowest BCUT2D eigenvalue weighted by Gasteiger charge is -2.17. The highest BCUT2D eigenvalue weighted by atomic mass is 127. The monoisotopic (exact) mass is 573 g/mol. The van der Waals surface area contributed by atoms with Gasteiger partial charge in [0, 0.05) is 29.9 Å². The Morgan fingerprint density at radius 3 is 2.59 bits per heavy atom. The number of amides is 1. The number of nitrogens with zero attached hydrogens (tertiary/aromatic N) is 2. The average Bonchev–Trinajstić information content (AvgIpc) is 3.39. The minimum Gasteiger partial charge on any atom is -0.493 e. The highest BCUT2D eigenvalue weighted by molar-refractivity contribution is 14.1. The Hall–Kier alpha value is -3.14. The Labute approximate surface area is 211 Å². The summed E-state index contributed by atoms with van der Waals surface area (Å²) in [6.45, 7) is 2.20. The van der Waals surface area contributed by atoms with E-state index in [-0.39, 0.29) is 18.3 Å². The summed E-state index contributed by atoms with van der Waals surface area (Å²) >= 11 is 2.13. The number of nitrogens with one attached hydrogen (secondary N) is 1. The van der Waals surface area contributed by atoms with Crippen LogP contribution in [0.4, 0.5) is 10.1 Å². The number of benzene rings is 3. The van der Waals surface area contributed by atoms with Gasteiger partial charge in [-0.05, 0) is 83.5 Å². The van der Waals surface area contributed by atoms with Crippen LogP contribution in [-0.4, -0.2) is 32.3 Å². The van der Waals surface area contributed by atoms with E-state index >= 15 is 0 Å². The smallest absolute Gasteiger partial charge is 0.271 e. The van der Waals surface area contributed by atoms with Gasteiger partial charge in [0.05, 0.1) is 16.9 Å². The maximum absolute atomic E-state index is 13.9. The zero-order valence-corrected chi connectivity index (χ0v) is 20.9. The minimum atomic E-state index is -0.318. The number of carbonyl (C=O) groups excluding carboxylic acids is 1. The Morgan fingerprint density at radius 2 is 1.88 bits per heavy atom. The molecule has 0 unspecified atom stereocenters. The molecule has 176 valence electrons. The molecule has 1 heterocycles. The highest BCUT2D eigenvalue weighted by Crippen LogP contribution is 2.34. The largest absolute Gasteiger partial charge is 0.493 e. The molecule has 1 N–H and O–H groups in total. The fourth-order valence-corrected chi connectivity index (χ4v) is 4.53. The third-order valence-corrected chi connectivity index (χ3v) is 6.36. The lowest BCUT2D eigenvalue weighted by Crippen LogP contribution is -2.19. The number of methoxy groups -OCH3 is 1. The topological polar surface area (TPSA) is 63.2 Å². The van der Waals surface area contributed by atoms with Crippen molar-refractivity contribution in [2.75, 3.05) is 25.1 Å². The molecule has 0 radical (unpaired) electrons.